The fourth-order valence-electron chi connectivity index (χ4n) is 6.53. The lowest BCUT2D eigenvalue weighted by molar-refractivity contribution is 0.673. The first-order valence-electron chi connectivity index (χ1n) is 30.2. The van der Waals surface area contributed by atoms with Gasteiger partial charge >= 0.3 is 0 Å². The first kappa shape index (κ1) is 11.7. The number of fused-ring (bicyclic) bond motifs is 11. The maximum Gasteiger partial charge on any atom is 0.143 e. The molecule has 0 spiro atoms. The summed E-state index contributed by atoms with van der Waals surface area (Å²) < 4.78 is 280. The molecule has 0 radical (unpaired) electrons. The lowest BCUT2D eigenvalue weighted by atomic mass is 9.83. The third-order valence-electron chi connectivity index (χ3n) is 8.62. The normalized spacial score (nSPS) is 20.2. The molecule has 1 heterocycles. The lowest BCUT2D eigenvalue weighted by Crippen LogP contribution is -1.92. The molecule has 11 aromatic rings. The first-order chi connectivity index (χ1) is 37.8. The van der Waals surface area contributed by atoms with Crippen LogP contribution in [-0.4, -0.2) is 0 Å². The van der Waals surface area contributed by atoms with E-state index < -0.39 is 290 Å². The van der Waals surface area contributed by atoms with E-state index in [4.69, 9.17) is 30.5 Å². The van der Waals surface area contributed by atoms with Crippen LogP contribution in [0.2, 0.25) is 0 Å². The summed E-state index contributed by atoms with van der Waals surface area (Å²) in [5.74, 6) is 0. The van der Waals surface area contributed by atoms with Gasteiger partial charge in [0.05, 0.1) is 41.1 Å². The van der Waals surface area contributed by atoms with Crippen molar-refractivity contribution in [2.75, 3.05) is 0 Å². The Morgan fingerprint density at radius 2 is 0.902 bits per heavy atom. The van der Waals surface area contributed by atoms with E-state index in [1.807, 2.05) is 0 Å². The van der Waals surface area contributed by atoms with Crippen LogP contribution >= 0.6 is 0 Å². The van der Waals surface area contributed by atoms with Gasteiger partial charge in [-0.25, -0.2) is 0 Å². The highest BCUT2D eigenvalue weighted by molar-refractivity contribution is 6.31. The number of furan rings is 1. The van der Waals surface area contributed by atoms with E-state index >= 15 is 0 Å². The predicted octanol–water partition coefficient (Wildman–Crippen LogP) is 14.4. The van der Waals surface area contributed by atoms with Crippen molar-refractivity contribution >= 4 is 75.8 Å². The monoisotopic (exact) mass is 676 g/mol. The standard InChI is InChI=1S/C50H30O/c1-2-13-31(14-3-1)33-25-27-42-44(29-33)47(40-21-9-10-22-41(40)48(42)38-24-12-16-32-15-4-5-17-35(32)38)34-26-28-46-45(30-34)49-39-20-8-6-18-36(39)37-19-7-11-23-43(37)50(49)51-46/h1-30H/i1D,2D,3D,4D,5D,6D,7D,8D,9D,10D,11D,12D,13D,14D,15D,16D,17D,18D,19D,20D,21D,22D,23D,24D,25D,26D,27D,28D,29D,30D. The van der Waals surface area contributed by atoms with Crippen molar-refractivity contribution in [1.29, 1.82) is 0 Å². The van der Waals surface area contributed by atoms with Crippen LogP contribution in [-0.2, 0) is 0 Å². The molecule has 0 amide bonds. The molecule has 0 saturated heterocycles. The highest BCUT2D eigenvalue weighted by Crippen LogP contribution is 2.48. The molecule has 51 heavy (non-hydrogen) atoms. The minimum Gasteiger partial charge on any atom is -0.455 e. The quantitative estimate of drug-likeness (QED) is 0.134. The summed E-state index contributed by atoms with van der Waals surface area (Å²) in [6.07, 6.45) is 0. The number of rotatable bonds is 3. The molecule has 1 nitrogen and oxygen atoms in total. The van der Waals surface area contributed by atoms with Gasteiger partial charge in [-0.3, -0.25) is 0 Å². The van der Waals surface area contributed by atoms with E-state index in [1.165, 1.54) is 0 Å². The minimum atomic E-state index is -1.13. The Balaban J connectivity index is 1.53. The van der Waals surface area contributed by atoms with E-state index in [9.17, 15) is 15.1 Å². The summed E-state index contributed by atoms with van der Waals surface area (Å²) in [5.41, 5.74) is -6.42. The smallest absolute Gasteiger partial charge is 0.143 e. The number of hydrogen-bond donors (Lipinski definition) is 0. The average molecular weight is 677 g/mol. The van der Waals surface area contributed by atoms with Crippen molar-refractivity contribution in [3.05, 3.63) is 181 Å². The van der Waals surface area contributed by atoms with Crippen LogP contribution in [0.3, 0.4) is 0 Å². The molecule has 0 fully saturated rings. The van der Waals surface area contributed by atoms with Gasteiger partial charge in [0.25, 0.3) is 0 Å². The Morgan fingerprint density at radius 3 is 1.71 bits per heavy atom. The molecule has 1 heteroatoms. The van der Waals surface area contributed by atoms with Crippen molar-refractivity contribution < 1.29 is 45.5 Å². The largest absolute Gasteiger partial charge is 0.455 e. The summed E-state index contributed by atoms with van der Waals surface area (Å²) in [4.78, 5) is 0. The van der Waals surface area contributed by atoms with Crippen molar-refractivity contribution in [3.63, 3.8) is 0 Å². The zero-order valence-corrected chi connectivity index (χ0v) is 25.4. The van der Waals surface area contributed by atoms with E-state index in [0.717, 1.165) is 0 Å². The molecule has 0 saturated carbocycles. The summed E-state index contributed by atoms with van der Waals surface area (Å²) in [6, 6.07) is -29.0. The van der Waals surface area contributed by atoms with Crippen molar-refractivity contribution in [2.24, 2.45) is 0 Å². The molecule has 11 rings (SSSR count). The van der Waals surface area contributed by atoms with Crippen LogP contribution in [0.15, 0.2) is 186 Å². The SMILES string of the molecule is [2H]c1c([2H])c([2H])c(-c2c([2H])c([2H])c3c(-c4c([2H])c([2H])c([2H])c5c([2H])c([2H])c([2H])c([2H])c45)c4c([2H])c([2H])c([2H])c([2H])c4c(-c4c([2H])c([2H])c5oc6c7c([2H])c([2H])c([2H])c([2H])c7c7c([2H])c([2H])c([2H])c([2H])c7c6c5c4[2H])c3c2[2H])c([2H])c1[2H]. The molecule has 0 N–H and O–H groups in total. The average Bonchev–Trinajstić information content (AvgIpc) is 3.11. The second kappa shape index (κ2) is 10.9. The molecule has 0 atom stereocenters. The van der Waals surface area contributed by atoms with Crippen molar-refractivity contribution in [1.82, 2.24) is 0 Å². The summed E-state index contributed by atoms with van der Waals surface area (Å²) in [6.45, 7) is 0. The molecule has 0 aliphatic carbocycles. The van der Waals surface area contributed by atoms with Gasteiger partial charge in [-0.1, -0.05) is 163 Å². The minimum absolute atomic E-state index is 0.462. The van der Waals surface area contributed by atoms with E-state index in [1.54, 1.807) is 0 Å². The third-order valence-corrected chi connectivity index (χ3v) is 8.62. The molecule has 0 unspecified atom stereocenters. The van der Waals surface area contributed by atoms with Crippen LogP contribution < -0.4 is 0 Å². The Kier molecular flexibility index (Phi) is 2.50. The van der Waals surface area contributed by atoms with E-state index in [-0.39, 0.29) is 0 Å². The van der Waals surface area contributed by atoms with Gasteiger partial charge < -0.3 is 4.42 Å². The Labute approximate surface area is 336 Å². The van der Waals surface area contributed by atoms with Gasteiger partial charge in [0.1, 0.15) is 11.2 Å². The fourth-order valence-corrected chi connectivity index (χ4v) is 6.53. The Hall–Kier alpha value is -6.70. The predicted molar refractivity (Wildman–Crippen MR) is 218 cm³/mol. The summed E-state index contributed by atoms with van der Waals surface area (Å²) in [5, 5.41) is -7.86. The van der Waals surface area contributed by atoms with Crippen LogP contribution in [0.1, 0.15) is 41.1 Å². The van der Waals surface area contributed by atoms with Gasteiger partial charge in [0.15, 0.2) is 0 Å². The van der Waals surface area contributed by atoms with Crippen LogP contribution in [0, 0.1) is 0 Å². The van der Waals surface area contributed by atoms with Crippen molar-refractivity contribution in [2.45, 2.75) is 0 Å². The zero-order chi connectivity index (χ0) is 59.6. The van der Waals surface area contributed by atoms with E-state index in [2.05, 4.69) is 0 Å². The molecule has 0 aliphatic rings. The van der Waals surface area contributed by atoms with E-state index in [0.29, 0.717) is 0 Å². The van der Waals surface area contributed by atoms with Gasteiger partial charge in [-0.05, 0) is 100.0 Å². The maximum absolute atomic E-state index is 10.3. The van der Waals surface area contributed by atoms with Gasteiger partial charge in [0.2, 0.25) is 0 Å². The Morgan fingerprint density at radius 1 is 0.333 bits per heavy atom. The molecular formula is C50H30O. The van der Waals surface area contributed by atoms with Gasteiger partial charge in [-0.15, -0.1) is 0 Å². The molecule has 10 aromatic carbocycles. The maximum atomic E-state index is 10.3. The van der Waals surface area contributed by atoms with Gasteiger partial charge in [-0.2, -0.15) is 0 Å². The molecule has 0 bridgehead atoms. The fraction of sp³-hybridized carbons (Fsp3) is 0. The van der Waals surface area contributed by atoms with Crippen LogP contribution in [0.25, 0.3) is 109 Å². The Bertz CT molecular complexity index is 4890. The lowest BCUT2D eigenvalue weighted by Gasteiger charge is -2.20. The second-order valence-electron chi connectivity index (χ2n) is 11.3. The van der Waals surface area contributed by atoms with Crippen LogP contribution in [0.5, 0.6) is 0 Å². The highest BCUT2D eigenvalue weighted by Gasteiger charge is 2.21. The first-order valence-corrected chi connectivity index (χ1v) is 15.2. The zero-order valence-electron chi connectivity index (χ0n) is 55.4. The molecule has 0 aliphatic heterocycles. The molecule has 1 aromatic heterocycles. The van der Waals surface area contributed by atoms with Crippen LogP contribution in [0.4, 0.5) is 0 Å². The second-order valence-corrected chi connectivity index (χ2v) is 11.3. The molecular weight excluding hydrogens is 617 g/mol. The van der Waals surface area contributed by atoms with Crippen molar-refractivity contribution in [3.8, 4) is 33.4 Å². The third kappa shape index (κ3) is 4.16. The molecule has 236 valence electrons. The summed E-state index contributed by atoms with van der Waals surface area (Å²) >= 11 is 0. The summed E-state index contributed by atoms with van der Waals surface area (Å²) in [7, 11) is 0. The number of benzene rings is 10. The topological polar surface area (TPSA) is 13.1 Å². The number of hydrogen-bond acceptors (Lipinski definition) is 1. The van der Waals surface area contributed by atoms with Gasteiger partial charge in [0, 0.05) is 16.2 Å². The highest BCUT2D eigenvalue weighted by atomic mass is 16.3.